The molecule has 4 nitrogen and oxygen atoms in total. The van der Waals surface area contributed by atoms with Crippen LogP contribution in [0.25, 0.3) is 0 Å². The molecule has 1 saturated heterocycles. The fourth-order valence-corrected chi connectivity index (χ4v) is 4.62. The highest BCUT2D eigenvalue weighted by Gasteiger charge is 2.21. The van der Waals surface area contributed by atoms with Crippen molar-refractivity contribution >= 4 is 21.8 Å². The SMILES string of the molecule is CCNCc1ccc(S(=O)(=O)NC2CCCSC2)cc1. The van der Waals surface area contributed by atoms with Crippen molar-refractivity contribution in [3.63, 3.8) is 0 Å². The van der Waals surface area contributed by atoms with Gasteiger partial charge in [0.1, 0.15) is 0 Å². The Bertz CT molecular complexity index is 508. The predicted molar refractivity (Wildman–Crippen MR) is 84.5 cm³/mol. The molecule has 1 aromatic carbocycles. The third-order valence-electron chi connectivity index (χ3n) is 3.29. The minimum atomic E-state index is -3.38. The second-order valence-electron chi connectivity index (χ2n) is 4.96. The van der Waals surface area contributed by atoms with Gasteiger partial charge in [-0.1, -0.05) is 19.1 Å². The van der Waals surface area contributed by atoms with E-state index in [0.29, 0.717) is 4.90 Å². The van der Waals surface area contributed by atoms with E-state index < -0.39 is 10.0 Å². The van der Waals surface area contributed by atoms with E-state index in [1.807, 2.05) is 30.8 Å². The van der Waals surface area contributed by atoms with Gasteiger partial charge in [-0.2, -0.15) is 11.8 Å². The average molecular weight is 314 g/mol. The first-order valence-corrected chi connectivity index (χ1v) is 9.65. The maximum atomic E-state index is 12.3. The molecule has 1 aromatic rings. The number of hydrogen-bond donors (Lipinski definition) is 2. The van der Waals surface area contributed by atoms with Gasteiger partial charge in [-0.05, 0) is 42.8 Å². The van der Waals surface area contributed by atoms with Crippen LogP contribution in [0.15, 0.2) is 29.2 Å². The Morgan fingerprint density at radius 1 is 1.30 bits per heavy atom. The summed E-state index contributed by atoms with van der Waals surface area (Å²) in [6, 6.07) is 7.18. The van der Waals surface area contributed by atoms with E-state index in [9.17, 15) is 8.42 Å². The van der Waals surface area contributed by atoms with Gasteiger partial charge in [0.2, 0.25) is 10.0 Å². The van der Waals surface area contributed by atoms with Crippen LogP contribution in [0.5, 0.6) is 0 Å². The molecule has 0 amide bonds. The number of nitrogens with one attached hydrogen (secondary N) is 2. The minimum Gasteiger partial charge on any atom is -0.313 e. The molecular weight excluding hydrogens is 292 g/mol. The third kappa shape index (κ3) is 4.48. The van der Waals surface area contributed by atoms with E-state index in [1.54, 1.807) is 12.1 Å². The largest absolute Gasteiger partial charge is 0.313 e. The van der Waals surface area contributed by atoms with Gasteiger partial charge in [0.25, 0.3) is 0 Å². The van der Waals surface area contributed by atoms with Crippen molar-refractivity contribution in [3.8, 4) is 0 Å². The van der Waals surface area contributed by atoms with Crippen molar-refractivity contribution in [1.29, 1.82) is 0 Å². The summed E-state index contributed by atoms with van der Waals surface area (Å²) < 4.78 is 27.4. The standard InChI is InChI=1S/C14H22N2O2S2/c1-2-15-10-12-5-7-14(8-6-12)20(17,18)16-13-4-3-9-19-11-13/h5-8,13,15-16H,2-4,9-11H2,1H3. The molecule has 1 atom stereocenters. The molecule has 20 heavy (non-hydrogen) atoms. The summed E-state index contributed by atoms with van der Waals surface area (Å²) >= 11 is 1.82. The molecule has 0 radical (unpaired) electrons. The first kappa shape index (κ1) is 15.8. The Balaban J connectivity index is 2.01. The Morgan fingerprint density at radius 3 is 2.65 bits per heavy atom. The smallest absolute Gasteiger partial charge is 0.240 e. The van der Waals surface area contributed by atoms with Gasteiger partial charge in [0.15, 0.2) is 0 Å². The van der Waals surface area contributed by atoms with Crippen molar-refractivity contribution in [1.82, 2.24) is 10.0 Å². The summed E-state index contributed by atoms with van der Waals surface area (Å²) in [6.45, 7) is 3.72. The summed E-state index contributed by atoms with van der Waals surface area (Å²) in [7, 11) is -3.38. The van der Waals surface area contributed by atoms with Crippen LogP contribution in [0.2, 0.25) is 0 Å². The average Bonchev–Trinajstić information content (AvgIpc) is 2.46. The molecule has 2 rings (SSSR count). The monoisotopic (exact) mass is 314 g/mol. The summed E-state index contributed by atoms with van der Waals surface area (Å²) in [5.41, 5.74) is 1.10. The van der Waals surface area contributed by atoms with E-state index in [4.69, 9.17) is 0 Å². The molecule has 112 valence electrons. The second-order valence-corrected chi connectivity index (χ2v) is 7.82. The minimum absolute atomic E-state index is 0.0696. The molecule has 0 spiro atoms. The van der Waals surface area contributed by atoms with Crippen molar-refractivity contribution in [3.05, 3.63) is 29.8 Å². The zero-order valence-electron chi connectivity index (χ0n) is 11.8. The highest BCUT2D eigenvalue weighted by atomic mass is 32.2. The van der Waals surface area contributed by atoms with Crippen LogP contribution in [0, 0.1) is 0 Å². The molecule has 0 aromatic heterocycles. The normalized spacial score (nSPS) is 19.9. The Hall–Kier alpha value is -0.560. The van der Waals surface area contributed by atoms with Gasteiger partial charge in [0, 0.05) is 18.3 Å². The number of thioether (sulfide) groups is 1. The van der Waals surface area contributed by atoms with E-state index in [1.165, 1.54) is 0 Å². The number of rotatable bonds is 6. The van der Waals surface area contributed by atoms with Crippen LogP contribution in [0.4, 0.5) is 0 Å². The Kier molecular flexibility index (Phi) is 5.89. The van der Waals surface area contributed by atoms with E-state index in [0.717, 1.165) is 43.0 Å². The maximum absolute atomic E-state index is 12.3. The molecule has 1 aliphatic heterocycles. The lowest BCUT2D eigenvalue weighted by molar-refractivity contribution is 0.543. The fourth-order valence-electron chi connectivity index (χ4n) is 2.18. The van der Waals surface area contributed by atoms with Gasteiger partial charge >= 0.3 is 0 Å². The van der Waals surface area contributed by atoms with Crippen molar-refractivity contribution in [2.24, 2.45) is 0 Å². The van der Waals surface area contributed by atoms with Crippen LogP contribution in [0.1, 0.15) is 25.3 Å². The lowest BCUT2D eigenvalue weighted by atomic mass is 10.2. The lowest BCUT2D eigenvalue weighted by Crippen LogP contribution is -2.38. The van der Waals surface area contributed by atoms with Gasteiger partial charge in [0.05, 0.1) is 4.90 Å². The number of sulfonamides is 1. The summed E-state index contributed by atoms with van der Waals surface area (Å²) in [5.74, 6) is 2.01. The van der Waals surface area contributed by atoms with Gasteiger partial charge in [-0.15, -0.1) is 0 Å². The third-order valence-corrected chi connectivity index (χ3v) is 6.05. The molecule has 0 aliphatic carbocycles. The summed E-state index contributed by atoms with van der Waals surface area (Å²) in [6.07, 6.45) is 2.02. The molecule has 2 N–H and O–H groups in total. The zero-order valence-corrected chi connectivity index (χ0v) is 13.4. The first-order valence-electron chi connectivity index (χ1n) is 7.01. The van der Waals surface area contributed by atoms with Gasteiger partial charge < -0.3 is 5.32 Å². The maximum Gasteiger partial charge on any atom is 0.240 e. The summed E-state index contributed by atoms with van der Waals surface area (Å²) in [5, 5.41) is 3.22. The van der Waals surface area contributed by atoms with Crippen molar-refractivity contribution in [2.75, 3.05) is 18.1 Å². The first-order chi connectivity index (χ1) is 9.62. The molecular formula is C14H22N2O2S2. The van der Waals surface area contributed by atoms with Crippen LogP contribution < -0.4 is 10.0 Å². The second kappa shape index (κ2) is 7.45. The van der Waals surface area contributed by atoms with Gasteiger partial charge in [-0.3, -0.25) is 0 Å². The molecule has 1 aliphatic rings. The van der Waals surface area contributed by atoms with Crippen molar-refractivity contribution < 1.29 is 8.42 Å². The number of benzene rings is 1. The van der Waals surface area contributed by atoms with Gasteiger partial charge in [-0.25, -0.2) is 13.1 Å². The van der Waals surface area contributed by atoms with Crippen LogP contribution >= 0.6 is 11.8 Å². The molecule has 6 heteroatoms. The van der Waals surface area contributed by atoms with E-state index >= 15 is 0 Å². The molecule has 1 heterocycles. The molecule has 0 bridgehead atoms. The highest BCUT2D eigenvalue weighted by molar-refractivity contribution is 7.99. The highest BCUT2D eigenvalue weighted by Crippen LogP contribution is 2.19. The lowest BCUT2D eigenvalue weighted by Gasteiger charge is -2.22. The van der Waals surface area contributed by atoms with Crippen molar-refractivity contribution in [2.45, 2.75) is 37.2 Å². The predicted octanol–water partition coefficient (Wildman–Crippen LogP) is 1.97. The van der Waals surface area contributed by atoms with Crippen LogP contribution in [-0.2, 0) is 16.6 Å². The van der Waals surface area contributed by atoms with Crippen LogP contribution in [-0.4, -0.2) is 32.5 Å². The topological polar surface area (TPSA) is 58.2 Å². The number of hydrogen-bond acceptors (Lipinski definition) is 4. The summed E-state index contributed by atoms with van der Waals surface area (Å²) in [4.78, 5) is 0.355. The quantitative estimate of drug-likeness (QED) is 0.843. The Morgan fingerprint density at radius 2 is 2.05 bits per heavy atom. The zero-order chi connectivity index (χ0) is 14.4. The fraction of sp³-hybridized carbons (Fsp3) is 0.571. The Labute approximate surface area is 125 Å². The van der Waals surface area contributed by atoms with E-state index in [2.05, 4.69) is 10.0 Å². The van der Waals surface area contributed by atoms with Crippen LogP contribution in [0.3, 0.4) is 0 Å². The molecule has 1 unspecified atom stereocenters. The van der Waals surface area contributed by atoms with E-state index in [-0.39, 0.29) is 6.04 Å². The molecule has 0 saturated carbocycles. The molecule has 1 fully saturated rings.